The summed E-state index contributed by atoms with van der Waals surface area (Å²) in [5.74, 6) is -1.11. The Bertz CT molecular complexity index is 695. The van der Waals surface area contributed by atoms with E-state index in [-0.39, 0.29) is 22.6 Å². The Hall–Kier alpha value is -1.93. The number of fused-ring (bicyclic) bond motifs is 1. The average Bonchev–Trinajstić information content (AvgIpc) is 2.84. The maximum absolute atomic E-state index is 10.7. The number of nitrogens with one attached hydrogen (secondary N) is 1. The van der Waals surface area contributed by atoms with Crippen LogP contribution in [0.3, 0.4) is 0 Å². The molecular formula is C12H12BrN3O4. The standard InChI is InChI=1S/C12H11N3O4.BrH/c16-10-11-8(5-14-12(10)15(17)18)9(6-19-11)7-1-3-13-4-2-7;/h1,5-6,13,16H,2-4H2;1H. The highest BCUT2D eigenvalue weighted by molar-refractivity contribution is 8.93. The van der Waals surface area contributed by atoms with Crippen molar-refractivity contribution >= 4 is 39.3 Å². The van der Waals surface area contributed by atoms with Crippen LogP contribution in [0.4, 0.5) is 5.82 Å². The molecule has 0 radical (unpaired) electrons. The monoisotopic (exact) mass is 341 g/mol. The molecule has 0 saturated heterocycles. The maximum atomic E-state index is 10.7. The molecule has 3 rings (SSSR count). The van der Waals surface area contributed by atoms with E-state index in [2.05, 4.69) is 10.3 Å². The van der Waals surface area contributed by atoms with Crippen LogP contribution in [0.5, 0.6) is 5.75 Å². The first-order valence-corrected chi connectivity index (χ1v) is 5.82. The molecule has 0 fully saturated rings. The summed E-state index contributed by atoms with van der Waals surface area (Å²) >= 11 is 0. The van der Waals surface area contributed by atoms with Gasteiger partial charge in [0.15, 0.2) is 11.8 Å². The molecule has 0 aromatic carbocycles. The van der Waals surface area contributed by atoms with Gasteiger partial charge in [-0.1, -0.05) is 6.08 Å². The third kappa shape index (κ3) is 2.27. The van der Waals surface area contributed by atoms with Crippen LogP contribution in [0.25, 0.3) is 16.5 Å². The predicted molar refractivity (Wildman–Crippen MR) is 78.1 cm³/mol. The molecule has 1 aliphatic rings. The van der Waals surface area contributed by atoms with Gasteiger partial charge in [0.2, 0.25) is 0 Å². The van der Waals surface area contributed by atoms with E-state index in [0.717, 1.165) is 30.6 Å². The van der Waals surface area contributed by atoms with Gasteiger partial charge in [0, 0.05) is 12.1 Å². The number of rotatable bonds is 2. The average molecular weight is 342 g/mol. The van der Waals surface area contributed by atoms with E-state index in [1.807, 2.05) is 6.08 Å². The summed E-state index contributed by atoms with van der Waals surface area (Å²) in [7, 11) is 0. The molecule has 2 aromatic heterocycles. The first-order chi connectivity index (χ1) is 9.18. The number of aromatic nitrogens is 1. The number of pyridine rings is 1. The largest absolute Gasteiger partial charge is 0.498 e. The smallest absolute Gasteiger partial charge is 0.410 e. The number of hydrogen-bond donors (Lipinski definition) is 2. The van der Waals surface area contributed by atoms with Gasteiger partial charge in [0.1, 0.15) is 0 Å². The Labute approximate surface area is 124 Å². The van der Waals surface area contributed by atoms with E-state index in [1.165, 1.54) is 12.5 Å². The molecule has 106 valence electrons. The van der Waals surface area contributed by atoms with Crippen molar-refractivity contribution in [1.29, 1.82) is 0 Å². The van der Waals surface area contributed by atoms with Crippen molar-refractivity contribution in [3.05, 3.63) is 34.2 Å². The zero-order valence-corrected chi connectivity index (χ0v) is 12.0. The van der Waals surface area contributed by atoms with E-state index in [0.29, 0.717) is 5.39 Å². The van der Waals surface area contributed by atoms with Crippen molar-refractivity contribution in [3.8, 4) is 5.75 Å². The highest BCUT2D eigenvalue weighted by Crippen LogP contribution is 2.37. The molecule has 1 aliphatic heterocycles. The Kier molecular flexibility index (Phi) is 4.05. The fraction of sp³-hybridized carbons (Fsp3) is 0.250. The Balaban J connectivity index is 0.00000147. The quantitative estimate of drug-likeness (QED) is 0.642. The van der Waals surface area contributed by atoms with Crippen LogP contribution in [0.15, 0.2) is 23.0 Å². The maximum Gasteiger partial charge on any atom is 0.410 e. The molecule has 2 N–H and O–H groups in total. The van der Waals surface area contributed by atoms with Gasteiger partial charge >= 0.3 is 5.82 Å². The number of aromatic hydroxyl groups is 1. The molecule has 0 amide bonds. The molecule has 7 nitrogen and oxygen atoms in total. The van der Waals surface area contributed by atoms with Crippen molar-refractivity contribution in [1.82, 2.24) is 10.3 Å². The third-order valence-corrected chi connectivity index (χ3v) is 3.16. The SMILES string of the molecule is Br.O=[N+]([O-])c1ncc2c(C3=CCNCC3)coc2c1O. The first-order valence-electron chi connectivity index (χ1n) is 5.82. The van der Waals surface area contributed by atoms with Gasteiger partial charge < -0.3 is 25.0 Å². The molecule has 0 aliphatic carbocycles. The van der Waals surface area contributed by atoms with Gasteiger partial charge in [-0.2, -0.15) is 0 Å². The number of furan rings is 1. The number of hydrogen-bond acceptors (Lipinski definition) is 6. The normalized spacial score (nSPS) is 14.7. The van der Waals surface area contributed by atoms with E-state index in [1.54, 1.807) is 0 Å². The van der Waals surface area contributed by atoms with Crippen LogP contribution in [-0.4, -0.2) is 28.1 Å². The van der Waals surface area contributed by atoms with Gasteiger partial charge in [-0.3, -0.25) is 0 Å². The second-order valence-corrected chi connectivity index (χ2v) is 4.26. The molecular weight excluding hydrogens is 330 g/mol. The Morgan fingerprint density at radius 1 is 1.50 bits per heavy atom. The summed E-state index contributed by atoms with van der Waals surface area (Å²) in [5.41, 5.74) is 2.03. The third-order valence-electron chi connectivity index (χ3n) is 3.16. The lowest BCUT2D eigenvalue weighted by Crippen LogP contribution is -2.19. The molecule has 2 aromatic rings. The summed E-state index contributed by atoms with van der Waals surface area (Å²) in [5, 5.41) is 24.3. The van der Waals surface area contributed by atoms with Crippen LogP contribution in [0.1, 0.15) is 12.0 Å². The van der Waals surface area contributed by atoms with Gasteiger partial charge in [0.25, 0.3) is 5.75 Å². The van der Waals surface area contributed by atoms with E-state index < -0.39 is 16.5 Å². The zero-order chi connectivity index (χ0) is 13.4. The highest BCUT2D eigenvalue weighted by Gasteiger charge is 2.24. The van der Waals surface area contributed by atoms with Crippen molar-refractivity contribution in [2.75, 3.05) is 13.1 Å². The van der Waals surface area contributed by atoms with Crippen molar-refractivity contribution in [2.45, 2.75) is 6.42 Å². The minimum atomic E-state index is -0.735. The summed E-state index contributed by atoms with van der Waals surface area (Å²) < 4.78 is 5.27. The minimum Gasteiger partial charge on any atom is -0.498 e. The lowest BCUT2D eigenvalue weighted by molar-refractivity contribution is -0.390. The van der Waals surface area contributed by atoms with Crippen molar-refractivity contribution in [2.24, 2.45) is 0 Å². The van der Waals surface area contributed by atoms with Crippen LogP contribution < -0.4 is 5.32 Å². The highest BCUT2D eigenvalue weighted by atomic mass is 79.9. The van der Waals surface area contributed by atoms with Crippen molar-refractivity contribution < 1.29 is 14.4 Å². The Morgan fingerprint density at radius 2 is 2.30 bits per heavy atom. The molecule has 3 heterocycles. The van der Waals surface area contributed by atoms with E-state index >= 15 is 0 Å². The molecule has 0 saturated carbocycles. The second kappa shape index (κ2) is 5.59. The number of nitrogens with zero attached hydrogens (tertiary/aromatic N) is 2. The van der Waals surface area contributed by atoms with Gasteiger partial charge in [-0.15, -0.1) is 17.0 Å². The molecule has 20 heavy (non-hydrogen) atoms. The topological polar surface area (TPSA) is 101 Å². The number of halogens is 1. The summed E-state index contributed by atoms with van der Waals surface area (Å²) in [4.78, 5) is 13.6. The first kappa shape index (κ1) is 14.5. The van der Waals surface area contributed by atoms with E-state index in [4.69, 9.17) is 4.42 Å². The van der Waals surface area contributed by atoms with Crippen LogP contribution >= 0.6 is 17.0 Å². The van der Waals surface area contributed by atoms with Crippen LogP contribution in [-0.2, 0) is 0 Å². The fourth-order valence-corrected chi connectivity index (χ4v) is 2.22. The number of nitro groups is 1. The van der Waals surface area contributed by atoms with E-state index in [9.17, 15) is 15.2 Å². The predicted octanol–water partition coefficient (Wildman–Crippen LogP) is 2.40. The molecule has 0 spiro atoms. The Morgan fingerprint density at radius 3 is 2.95 bits per heavy atom. The van der Waals surface area contributed by atoms with Gasteiger partial charge in [-0.25, -0.2) is 0 Å². The summed E-state index contributed by atoms with van der Waals surface area (Å²) in [6.07, 6.45) is 5.75. The van der Waals surface area contributed by atoms with Gasteiger partial charge in [-0.05, 0) is 28.4 Å². The molecule has 8 heteroatoms. The minimum absolute atomic E-state index is 0. The zero-order valence-electron chi connectivity index (χ0n) is 10.3. The van der Waals surface area contributed by atoms with Crippen molar-refractivity contribution in [3.63, 3.8) is 0 Å². The van der Waals surface area contributed by atoms with Gasteiger partial charge in [0.05, 0.1) is 11.6 Å². The molecule has 0 bridgehead atoms. The summed E-state index contributed by atoms with van der Waals surface area (Å²) in [6, 6.07) is 0. The summed E-state index contributed by atoms with van der Waals surface area (Å²) in [6.45, 7) is 1.64. The second-order valence-electron chi connectivity index (χ2n) is 4.26. The lowest BCUT2D eigenvalue weighted by atomic mass is 10.0. The fourth-order valence-electron chi connectivity index (χ4n) is 2.22. The lowest BCUT2D eigenvalue weighted by Gasteiger charge is -2.12. The molecule has 0 atom stereocenters. The van der Waals surface area contributed by atoms with Crippen LogP contribution in [0.2, 0.25) is 0 Å². The van der Waals surface area contributed by atoms with Crippen LogP contribution in [0, 0.1) is 10.1 Å². The molecule has 0 unspecified atom stereocenters.